The van der Waals surface area contributed by atoms with Crippen LogP contribution in [0.25, 0.3) is 0 Å². The highest BCUT2D eigenvalue weighted by Crippen LogP contribution is 2.27. The van der Waals surface area contributed by atoms with Crippen molar-refractivity contribution in [2.45, 2.75) is 13.0 Å². The molecule has 4 rings (SSSR count). The van der Waals surface area contributed by atoms with Gasteiger partial charge in [0.2, 0.25) is 11.8 Å². The molecule has 0 atom stereocenters. The maximum absolute atomic E-state index is 13.0. The fourth-order valence-corrected chi connectivity index (χ4v) is 4.24. The molecule has 2 aromatic rings. The molecule has 2 aromatic carbocycles. The third kappa shape index (κ3) is 5.29. The summed E-state index contributed by atoms with van der Waals surface area (Å²) in [5, 5.41) is 0. The van der Waals surface area contributed by atoms with Crippen molar-refractivity contribution >= 4 is 17.5 Å². The number of amides is 2. The average molecular weight is 425 g/mol. The largest absolute Gasteiger partial charge is 0.340 e. The van der Waals surface area contributed by atoms with Gasteiger partial charge in [-0.3, -0.25) is 19.4 Å². The number of rotatable bonds is 6. The molecular weight excluding hydrogens is 395 g/mol. The Hall–Kier alpha value is -2.77. The number of carbonyl (C=O) groups is 2. The maximum Gasteiger partial charge on any atom is 0.241 e. The normalized spacial score (nSPS) is 16.9. The summed E-state index contributed by atoms with van der Waals surface area (Å²) in [5.41, 5.74) is 3.19. The van der Waals surface area contributed by atoms with Gasteiger partial charge in [0, 0.05) is 52.0 Å². The molecule has 6 nitrogen and oxygen atoms in total. The fraction of sp³-hybridized carbons (Fsp3) is 0.417. The van der Waals surface area contributed by atoms with Crippen LogP contribution >= 0.6 is 0 Å². The molecule has 2 heterocycles. The number of benzene rings is 2. The molecule has 0 aromatic heterocycles. The molecule has 2 amide bonds. The monoisotopic (exact) mass is 424 g/mol. The van der Waals surface area contributed by atoms with Crippen molar-refractivity contribution in [2.75, 3.05) is 57.8 Å². The molecule has 0 spiro atoms. The fourth-order valence-electron chi connectivity index (χ4n) is 4.24. The van der Waals surface area contributed by atoms with Crippen LogP contribution in [0.3, 0.4) is 0 Å². The highest BCUT2D eigenvalue weighted by atomic mass is 19.1. The van der Waals surface area contributed by atoms with E-state index in [0.717, 1.165) is 50.4 Å². The molecule has 1 fully saturated rings. The standard InChI is InChI=1S/C24H29FN4O2/c1-26(16-19-6-8-21(25)9-7-19)23(30)17-27-12-14-28(15-13-27)18-24(31)29-11-10-20-4-2-3-5-22(20)29/h2-9H,10-18H2,1H3. The molecule has 1 saturated heterocycles. The molecule has 0 bridgehead atoms. The minimum atomic E-state index is -0.275. The van der Waals surface area contributed by atoms with Crippen LogP contribution in [0.4, 0.5) is 10.1 Å². The minimum absolute atomic E-state index is 0.0440. The molecule has 0 saturated carbocycles. The van der Waals surface area contributed by atoms with Gasteiger partial charge in [-0.2, -0.15) is 0 Å². The van der Waals surface area contributed by atoms with Gasteiger partial charge in [0.1, 0.15) is 5.82 Å². The lowest BCUT2D eigenvalue weighted by molar-refractivity contribution is -0.132. The Balaban J connectivity index is 1.21. The van der Waals surface area contributed by atoms with Crippen molar-refractivity contribution in [3.63, 3.8) is 0 Å². The van der Waals surface area contributed by atoms with Gasteiger partial charge in [-0.05, 0) is 35.7 Å². The summed E-state index contributed by atoms with van der Waals surface area (Å²) in [6, 6.07) is 14.3. The summed E-state index contributed by atoms with van der Waals surface area (Å²) in [6.07, 6.45) is 0.920. The molecule has 0 N–H and O–H groups in total. The SMILES string of the molecule is CN(Cc1ccc(F)cc1)C(=O)CN1CCN(CC(=O)N2CCc3ccccc32)CC1. The van der Waals surface area contributed by atoms with Crippen LogP contribution in [-0.2, 0) is 22.6 Å². The molecule has 7 heteroatoms. The second-order valence-corrected chi connectivity index (χ2v) is 8.35. The highest BCUT2D eigenvalue weighted by Gasteiger charge is 2.27. The first-order valence-corrected chi connectivity index (χ1v) is 10.8. The Morgan fingerprint density at radius 2 is 1.55 bits per heavy atom. The van der Waals surface area contributed by atoms with Crippen LogP contribution < -0.4 is 4.90 Å². The van der Waals surface area contributed by atoms with Gasteiger partial charge < -0.3 is 9.80 Å². The summed E-state index contributed by atoms with van der Waals surface area (Å²) in [6.45, 7) is 5.07. The van der Waals surface area contributed by atoms with E-state index in [1.54, 1.807) is 24.1 Å². The van der Waals surface area contributed by atoms with Gasteiger partial charge >= 0.3 is 0 Å². The number of likely N-dealkylation sites (N-methyl/N-ethyl adjacent to an activating group) is 1. The van der Waals surface area contributed by atoms with E-state index in [9.17, 15) is 14.0 Å². The molecule has 2 aliphatic rings. The number of fused-ring (bicyclic) bond motifs is 1. The van der Waals surface area contributed by atoms with Gasteiger partial charge in [-0.1, -0.05) is 30.3 Å². The average Bonchev–Trinajstić information content (AvgIpc) is 3.21. The number of para-hydroxylation sites is 1. The zero-order valence-corrected chi connectivity index (χ0v) is 18.0. The number of piperazine rings is 1. The second-order valence-electron chi connectivity index (χ2n) is 8.35. The van der Waals surface area contributed by atoms with Gasteiger partial charge in [0.25, 0.3) is 0 Å². The van der Waals surface area contributed by atoms with E-state index in [2.05, 4.69) is 15.9 Å². The van der Waals surface area contributed by atoms with Gasteiger partial charge in [-0.25, -0.2) is 4.39 Å². The molecular formula is C24H29FN4O2. The summed E-state index contributed by atoms with van der Waals surface area (Å²) >= 11 is 0. The third-order valence-electron chi connectivity index (χ3n) is 6.13. The zero-order chi connectivity index (χ0) is 21.8. The van der Waals surface area contributed by atoms with Crippen molar-refractivity contribution in [1.29, 1.82) is 0 Å². The van der Waals surface area contributed by atoms with E-state index in [4.69, 9.17) is 0 Å². The quantitative estimate of drug-likeness (QED) is 0.712. The smallest absolute Gasteiger partial charge is 0.241 e. The Morgan fingerprint density at radius 3 is 2.26 bits per heavy atom. The van der Waals surface area contributed by atoms with Gasteiger partial charge in [0.05, 0.1) is 13.1 Å². The van der Waals surface area contributed by atoms with Gasteiger partial charge in [0.15, 0.2) is 0 Å². The van der Waals surface area contributed by atoms with Crippen LogP contribution in [-0.4, -0.2) is 79.4 Å². The predicted octanol–water partition coefficient (Wildman–Crippen LogP) is 1.99. The summed E-state index contributed by atoms with van der Waals surface area (Å²) in [7, 11) is 1.77. The number of hydrogen-bond acceptors (Lipinski definition) is 4. The summed E-state index contributed by atoms with van der Waals surface area (Å²) in [5.74, 6) is -0.0842. The Kier molecular flexibility index (Phi) is 6.63. The molecule has 0 unspecified atom stereocenters. The maximum atomic E-state index is 13.0. The Bertz CT molecular complexity index is 925. The van der Waals surface area contributed by atoms with Crippen molar-refractivity contribution in [3.05, 3.63) is 65.5 Å². The first-order chi connectivity index (χ1) is 15.0. The molecule has 164 valence electrons. The Labute approximate surface area is 182 Å². The van der Waals surface area contributed by atoms with Crippen molar-refractivity contribution in [3.8, 4) is 0 Å². The lowest BCUT2D eigenvalue weighted by Crippen LogP contribution is -2.52. The number of hydrogen-bond donors (Lipinski definition) is 0. The number of halogens is 1. The predicted molar refractivity (Wildman–Crippen MR) is 118 cm³/mol. The lowest BCUT2D eigenvalue weighted by Gasteiger charge is -2.35. The van der Waals surface area contributed by atoms with E-state index in [0.29, 0.717) is 19.6 Å². The van der Waals surface area contributed by atoms with Crippen LogP contribution in [0.15, 0.2) is 48.5 Å². The van der Waals surface area contributed by atoms with E-state index < -0.39 is 0 Å². The lowest BCUT2D eigenvalue weighted by atomic mass is 10.2. The summed E-state index contributed by atoms with van der Waals surface area (Å²) < 4.78 is 13.0. The Morgan fingerprint density at radius 1 is 0.903 bits per heavy atom. The minimum Gasteiger partial charge on any atom is -0.340 e. The molecule has 0 aliphatic carbocycles. The number of carbonyl (C=O) groups excluding carboxylic acids is 2. The molecule has 31 heavy (non-hydrogen) atoms. The highest BCUT2D eigenvalue weighted by molar-refractivity contribution is 5.96. The van der Waals surface area contributed by atoms with Crippen LogP contribution in [0.2, 0.25) is 0 Å². The van der Waals surface area contributed by atoms with Crippen molar-refractivity contribution in [2.24, 2.45) is 0 Å². The van der Waals surface area contributed by atoms with E-state index in [1.165, 1.54) is 17.7 Å². The van der Waals surface area contributed by atoms with E-state index in [-0.39, 0.29) is 17.6 Å². The van der Waals surface area contributed by atoms with Crippen LogP contribution in [0, 0.1) is 5.82 Å². The van der Waals surface area contributed by atoms with Crippen molar-refractivity contribution in [1.82, 2.24) is 14.7 Å². The molecule has 2 aliphatic heterocycles. The van der Waals surface area contributed by atoms with E-state index >= 15 is 0 Å². The number of anilines is 1. The second kappa shape index (κ2) is 9.58. The van der Waals surface area contributed by atoms with Gasteiger partial charge in [-0.15, -0.1) is 0 Å². The third-order valence-corrected chi connectivity index (χ3v) is 6.13. The first kappa shape index (κ1) is 21.5. The van der Waals surface area contributed by atoms with Crippen LogP contribution in [0.1, 0.15) is 11.1 Å². The zero-order valence-electron chi connectivity index (χ0n) is 18.0. The van der Waals surface area contributed by atoms with Crippen molar-refractivity contribution < 1.29 is 14.0 Å². The number of nitrogens with zero attached hydrogens (tertiary/aromatic N) is 4. The molecule has 0 radical (unpaired) electrons. The van der Waals surface area contributed by atoms with Crippen LogP contribution in [0.5, 0.6) is 0 Å². The summed E-state index contributed by atoms with van der Waals surface area (Å²) in [4.78, 5) is 33.3. The van der Waals surface area contributed by atoms with E-state index in [1.807, 2.05) is 23.1 Å². The topological polar surface area (TPSA) is 47.1 Å². The first-order valence-electron chi connectivity index (χ1n) is 10.8.